The molecular weight excluding hydrogens is 429 g/mol. The van der Waals surface area contributed by atoms with Crippen LogP contribution in [0.2, 0.25) is 0 Å². The van der Waals surface area contributed by atoms with E-state index in [0.29, 0.717) is 25.7 Å². The molecule has 0 aliphatic carbocycles. The Morgan fingerprint density at radius 1 is 1.12 bits per heavy atom. The summed E-state index contributed by atoms with van der Waals surface area (Å²) in [6.07, 6.45) is 7.92. The van der Waals surface area contributed by atoms with Crippen LogP contribution in [0.1, 0.15) is 91.4 Å². The first-order valence-electron chi connectivity index (χ1n) is 12.0. The molecular formula is C21H42BN5O6. The minimum absolute atomic E-state index is 0.00590. The van der Waals surface area contributed by atoms with Crippen molar-refractivity contribution in [2.24, 2.45) is 22.6 Å². The molecule has 6 N–H and O–H groups in total. The monoisotopic (exact) mass is 471 g/mol. The number of guanidine groups is 1. The lowest BCUT2D eigenvalue weighted by atomic mass is 9.74. The number of hydrogen-bond acceptors (Lipinski definition) is 7. The van der Waals surface area contributed by atoms with E-state index < -0.39 is 29.9 Å². The predicted molar refractivity (Wildman–Crippen MR) is 129 cm³/mol. The molecule has 0 aromatic carbocycles. The maximum absolute atomic E-state index is 12.8. The maximum Gasteiger partial charge on any atom is 0.475 e. The average molecular weight is 471 g/mol. The summed E-state index contributed by atoms with van der Waals surface area (Å²) in [4.78, 5) is 39.5. The molecule has 0 spiro atoms. The summed E-state index contributed by atoms with van der Waals surface area (Å²) in [7, 11) is -1.70. The zero-order valence-corrected chi connectivity index (χ0v) is 20.3. The number of nitrogens with one attached hydrogen (secondary N) is 2. The third-order valence-corrected chi connectivity index (χ3v) is 5.27. The number of ketones is 1. The van der Waals surface area contributed by atoms with Gasteiger partial charge in [0, 0.05) is 25.3 Å². The first-order chi connectivity index (χ1) is 15.6. The number of hydrogen-bond donors (Lipinski definition) is 5. The van der Waals surface area contributed by atoms with Gasteiger partial charge in [-0.15, -0.1) is 0 Å². The number of rotatable bonds is 19. The molecule has 0 fully saturated rings. The molecule has 0 aliphatic heterocycles. The second-order valence-corrected chi connectivity index (χ2v) is 8.89. The van der Waals surface area contributed by atoms with E-state index in [1.807, 2.05) is 13.8 Å². The molecule has 1 amide bonds. The van der Waals surface area contributed by atoms with Crippen molar-refractivity contribution in [2.75, 3.05) is 6.54 Å². The smallest absolute Gasteiger partial charge is 0.426 e. The number of hydrazine groups is 1. The fraction of sp³-hybridized carbons (Fsp3) is 0.857. The van der Waals surface area contributed by atoms with Crippen molar-refractivity contribution in [3.8, 4) is 0 Å². The molecule has 0 radical (unpaired) electrons. The summed E-state index contributed by atoms with van der Waals surface area (Å²) >= 11 is 0. The third kappa shape index (κ3) is 17.0. The van der Waals surface area contributed by atoms with Gasteiger partial charge in [-0.3, -0.25) is 9.59 Å². The minimum atomic E-state index is -1.70. The van der Waals surface area contributed by atoms with E-state index in [-0.39, 0.29) is 30.6 Å². The molecule has 0 aromatic rings. The Morgan fingerprint density at radius 3 is 2.33 bits per heavy atom. The van der Waals surface area contributed by atoms with Crippen LogP contribution in [-0.2, 0) is 9.59 Å². The van der Waals surface area contributed by atoms with E-state index in [1.54, 1.807) is 5.43 Å². The number of carbonyl (C=O) groups excluding carboxylic acids is 2. The standard InChI is InChI=1S/C21H42BN5O6/c1-4-5-6-7-8-9-12-18(28)15-17(11-10-13-24-21(23)26-27(32)33)20(29)25-19(22(30)31)14-16(2)3/h16-17,19,30-31H,4-15H2,1-3H3,(H,25,29)(H3,23,24,26)/t17-,19+/m1/s1. The van der Waals surface area contributed by atoms with Crippen LogP contribution in [0.3, 0.4) is 0 Å². The lowest BCUT2D eigenvalue weighted by molar-refractivity contribution is -0.525. The van der Waals surface area contributed by atoms with Crippen LogP contribution in [0.25, 0.3) is 0 Å². The Labute approximate surface area is 197 Å². The maximum atomic E-state index is 12.8. The molecule has 0 saturated heterocycles. The van der Waals surface area contributed by atoms with Gasteiger partial charge in [0.15, 0.2) is 5.03 Å². The Morgan fingerprint density at radius 2 is 1.76 bits per heavy atom. The Bertz CT molecular complexity index is 618. The van der Waals surface area contributed by atoms with Gasteiger partial charge in [-0.2, -0.15) is 0 Å². The molecule has 190 valence electrons. The molecule has 0 aliphatic rings. The Balaban J connectivity index is 4.90. The highest BCUT2D eigenvalue weighted by Crippen LogP contribution is 2.17. The summed E-state index contributed by atoms with van der Waals surface area (Å²) in [5.41, 5.74) is 7.13. The van der Waals surface area contributed by atoms with Gasteiger partial charge in [-0.25, -0.2) is 15.1 Å². The third-order valence-electron chi connectivity index (χ3n) is 5.27. The van der Waals surface area contributed by atoms with Crippen LogP contribution >= 0.6 is 0 Å². The summed E-state index contributed by atoms with van der Waals surface area (Å²) in [6, 6.07) is 0. The van der Waals surface area contributed by atoms with Crippen molar-refractivity contribution in [3.63, 3.8) is 0 Å². The zero-order valence-electron chi connectivity index (χ0n) is 20.3. The summed E-state index contributed by atoms with van der Waals surface area (Å²) in [5.74, 6) is -2.09. The van der Waals surface area contributed by atoms with Crippen molar-refractivity contribution in [2.45, 2.75) is 97.3 Å². The van der Waals surface area contributed by atoms with Crippen LogP contribution < -0.4 is 16.5 Å². The van der Waals surface area contributed by atoms with Gasteiger partial charge in [0.2, 0.25) is 5.91 Å². The highest BCUT2D eigenvalue weighted by Gasteiger charge is 2.29. The predicted octanol–water partition coefficient (Wildman–Crippen LogP) is 1.73. The number of Topliss-reactive ketones (excluding diaryl/α,β-unsaturated/α-hetero) is 1. The summed E-state index contributed by atoms with van der Waals surface area (Å²) in [6.45, 7) is 6.11. The van der Waals surface area contributed by atoms with Crippen molar-refractivity contribution in [1.82, 2.24) is 10.7 Å². The Kier molecular flexibility index (Phi) is 17.0. The van der Waals surface area contributed by atoms with E-state index >= 15 is 0 Å². The summed E-state index contributed by atoms with van der Waals surface area (Å²) in [5, 5.41) is 31.4. The van der Waals surface area contributed by atoms with Crippen LogP contribution in [0, 0.1) is 22.0 Å². The largest absolute Gasteiger partial charge is 0.475 e. The number of aliphatic imine (C=N–C) groups is 1. The van der Waals surface area contributed by atoms with Gasteiger partial charge in [-0.05, 0) is 31.6 Å². The molecule has 0 unspecified atom stereocenters. The van der Waals surface area contributed by atoms with Gasteiger partial charge >= 0.3 is 7.12 Å². The van der Waals surface area contributed by atoms with Crippen molar-refractivity contribution in [3.05, 3.63) is 10.1 Å². The quantitative estimate of drug-likeness (QED) is 0.0472. The molecule has 0 saturated carbocycles. The highest BCUT2D eigenvalue weighted by molar-refractivity contribution is 6.43. The SMILES string of the molecule is CCCCCCCCC(=O)C[C@@H](CCCN=C(N)N[N+](=O)[O-])C(=O)N[C@@H](CC(C)C)B(O)O. The van der Waals surface area contributed by atoms with E-state index in [4.69, 9.17) is 5.73 Å². The second-order valence-electron chi connectivity index (χ2n) is 8.89. The molecule has 0 heterocycles. The van der Waals surface area contributed by atoms with Gasteiger partial charge in [-0.1, -0.05) is 58.3 Å². The summed E-state index contributed by atoms with van der Waals surface area (Å²) < 4.78 is 0. The molecule has 0 bridgehead atoms. The van der Waals surface area contributed by atoms with E-state index in [2.05, 4.69) is 17.2 Å². The number of nitrogens with two attached hydrogens (primary N) is 1. The van der Waals surface area contributed by atoms with Gasteiger partial charge in [0.1, 0.15) is 5.78 Å². The van der Waals surface area contributed by atoms with Gasteiger partial charge in [0.25, 0.3) is 5.96 Å². The van der Waals surface area contributed by atoms with Crippen LogP contribution in [-0.4, -0.2) is 52.3 Å². The average Bonchev–Trinajstić information content (AvgIpc) is 2.71. The number of nitro groups is 1. The van der Waals surface area contributed by atoms with Crippen molar-refractivity contribution in [1.29, 1.82) is 0 Å². The zero-order chi connectivity index (χ0) is 25.2. The fourth-order valence-electron chi connectivity index (χ4n) is 3.53. The van der Waals surface area contributed by atoms with Crippen molar-refractivity contribution >= 4 is 24.8 Å². The minimum Gasteiger partial charge on any atom is -0.426 e. The van der Waals surface area contributed by atoms with Gasteiger partial charge < -0.3 is 21.1 Å². The first-order valence-corrected chi connectivity index (χ1v) is 12.0. The molecule has 0 rings (SSSR count). The number of amides is 1. The fourth-order valence-corrected chi connectivity index (χ4v) is 3.53. The number of unbranched alkanes of at least 4 members (excludes halogenated alkanes) is 5. The normalized spacial score (nSPS) is 13.5. The molecule has 33 heavy (non-hydrogen) atoms. The molecule has 0 aromatic heterocycles. The number of nitrogens with zero attached hydrogens (tertiary/aromatic N) is 2. The lowest BCUT2D eigenvalue weighted by Gasteiger charge is -2.23. The van der Waals surface area contributed by atoms with E-state index in [1.165, 1.54) is 6.42 Å². The van der Waals surface area contributed by atoms with Crippen molar-refractivity contribution < 1.29 is 24.7 Å². The molecule has 12 heteroatoms. The molecule has 2 atom stereocenters. The lowest BCUT2D eigenvalue weighted by Crippen LogP contribution is -2.49. The topological polar surface area (TPSA) is 180 Å². The van der Waals surface area contributed by atoms with Gasteiger partial charge in [0.05, 0.1) is 5.94 Å². The van der Waals surface area contributed by atoms with E-state index in [0.717, 1.165) is 32.1 Å². The first kappa shape index (κ1) is 30.8. The second kappa shape index (κ2) is 18.2. The van der Waals surface area contributed by atoms with Crippen LogP contribution in [0.5, 0.6) is 0 Å². The molecule has 11 nitrogen and oxygen atoms in total. The highest BCUT2D eigenvalue weighted by atomic mass is 16.7. The van der Waals surface area contributed by atoms with E-state index in [9.17, 15) is 29.8 Å². The number of carbonyl (C=O) groups is 2. The van der Waals surface area contributed by atoms with Crippen LogP contribution in [0.4, 0.5) is 0 Å². The Hall–Kier alpha value is -2.21. The van der Waals surface area contributed by atoms with Crippen LogP contribution in [0.15, 0.2) is 4.99 Å².